The van der Waals surface area contributed by atoms with Gasteiger partial charge in [-0.15, -0.1) is 0 Å². The van der Waals surface area contributed by atoms with E-state index in [1.165, 1.54) is 0 Å². The summed E-state index contributed by atoms with van der Waals surface area (Å²) >= 11 is 0. The van der Waals surface area contributed by atoms with Crippen LogP contribution in [0.15, 0.2) is 0 Å². The predicted octanol–water partition coefficient (Wildman–Crippen LogP) is 2.47. The summed E-state index contributed by atoms with van der Waals surface area (Å²) in [5, 5.41) is 0. The van der Waals surface area contributed by atoms with Crippen LogP contribution in [0.4, 0.5) is 13.2 Å². The summed E-state index contributed by atoms with van der Waals surface area (Å²) < 4.78 is 42.6. The molecule has 0 amide bonds. The van der Waals surface area contributed by atoms with E-state index in [1.54, 1.807) is 0 Å². The minimum absolute atomic E-state index is 0.00210. The molecule has 0 aromatic carbocycles. The SMILES string of the molecule is CCCO[C@@H]1CC[C@H](C(F)(F)F)C[C@@H]1N. The van der Waals surface area contributed by atoms with Crippen molar-refractivity contribution in [1.29, 1.82) is 0 Å². The number of alkyl halides is 3. The first-order chi connectivity index (χ1) is 6.95. The van der Waals surface area contributed by atoms with E-state index < -0.39 is 18.1 Å². The van der Waals surface area contributed by atoms with Gasteiger partial charge in [0.15, 0.2) is 0 Å². The van der Waals surface area contributed by atoms with Gasteiger partial charge in [-0.3, -0.25) is 0 Å². The molecule has 0 aliphatic heterocycles. The van der Waals surface area contributed by atoms with Crippen LogP contribution >= 0.6 is 0 Å². The zero-order valence-corrected chi connectivity index (χ0v) is 8.89. The molecular formula is C10H18F3NO. The summed E-state index contributed by atoms with van der Waals surface area (Å²) in [6, 6.07) is -0.475. The molecule has 1 aliphatic rings. The Hall–Kier alpha value is -0.290. The topological polar surface area (TPSA) is 35.2 Å². The first-order valence-electron chi connectivity index (χ1n) is 5.39. The number of halogens is 3. The molecule has 0 unspecified atom stereocenters. The molecular weight excluding hydrogens is 207 g/mol. The molecule has 0 spiro atoms. The average molecular weight is 225 g/mol. The van der Waals surface area contributed by atoms with Crippen molar-refractivity contribution in [2.75, 3.05) is 6.61 Å². The highest BCUT2D eigenvalue weighted by Gasteiger charge is 2.44. The Morgan fingerprint density at radius 3 is 2.47 bits per heavy atom. The number of rotatable bonds is 3. The predicted molar refractivity (Wildman–Crippen MR) is 51.4 cm³/mol. The Kier molecular flexibility index (Phi) is 4.40. The zero-order chi connectivity index (χ0) is 11.5. The lowest BCUT2D eigenvalue weighted by atomic mass is 9.83. The molecule has 1 rings (SSSR count). The van der Waals surface area contributed by atoms with Gasteiger partial charge in [0, 0.05) is 12.6 Å². The van der Waals surface area contributed by atoms with Crippen LogP contribution in [-0.4, -0.2) is 24.9 Å². The second kappa shape index (κ2) is 5.16. The molecule has 1 fully saturated rings. The van der Waals surface area contributed by atoms with Gasteiger partial charge >= 0.3 is 6.18 Å². The molecule has 1 saturated carbocycles. The van der Waals surface area contributed by atoms with Crippen LogP contribution in [0.2, 0.25) is 0 Å². The van der Waals surface area contributed by atoms with Crippen LogP contribution in [0.25, 0.3) is 0 Å². The Bertz CT molecular complexity index is 196. The maximum absolute atomic E-state index is 12.4. The minimum Gasteiger partial charge on any atom is -0.377 e. The molecule has 2 nitrogen and oxygen atoms in total. The monoisotopic (exact) mass is 225 g/mol. The van der Waals surface area contributed by atoms with Crippen LogP contribution in [0.1, 0.15) is 32.6 Å². The van der Waals surface area contributed by atoms with E-state index in [1.807, 2.05) is 6.92 Å². The molecule has 3 atom stereocenters. The second-order valence-electron chi connectivity index (χ2n) is 4.12. The van der Waals surface area contributed by atoms with Gasteiger partial charge in [0.05, 0.1) is 12.0 Å². The first kappa shape index (κ1) is 12.8. The third-order valence-corrected chi connectivity index (χ3v) is 2.83. The van der Waals surface area contributed by atoms with Crippen molar-refractivity contribution in [2.45, 2.75) is 50.9 Å². The molecule has 0 bridgehead atoms. The van der Waals surface area contributed by atoms with Gasteiger partial charge in [0.25, 0.3) is 0 Å². The summed E-state index contributed by atoms with van der Waals surface area (Å²) in [6.45, 7) is 2.54. The smallest absolute Gasteiger partial charge is 0.377 e. The third-order valence-electron chi connectivity index (χ3n) is 2.83. The van der Waals surface area contributed by atoms with Crippen molar-refractivity contribution in [1.82, 2.24) is 0 Å². The lowest BCUT2D eigenvalue weighted by molar-refractivity contribution is -0.189. The van der Waals surface area contributed by atoms with E-state index in [9.17, 15) is 13.2 Å². The molecule has 0 heterocycles. The largest absolute Gasteiger partial charge is 0.391 e. The quantitative estimate of drug-likeness (QED) is 0.800. The second-order valence-corrected chi connectivity index (χ2v) is 4.12. The Morgan fingerprint density at radius 2 is 2.00 bits per heavy atom. The van der Waals surface area contributed by atoms with Crippen molar-refractivity contribution in [3.05, 3.63) is 0 Å². The highest BCUT2D eigenvalue weighted by atomic mass is 19.4. The van der Waals surface area contributed by atoms with Gasteiger partial charge in [-0.2, -0.15) is 13.2 Å². The van der Waals surface area contributed by atoms with Crippen molar-refractivity contribution in [2.24, 2.45) is 11.7 Å². The van der Waals surface area contributed by atoms with Crippen molar-refractivity contribution in [3.8, 4) is 0 Å². The Labute approximate surface area is 88.0 Å². The lowest BCUT2D eigenvalue weighted by Crippen LogP contribution is -2.45. The number of ether oxygens (including phenoxy) is 1. The van der Waals surface area contributed by atoms with E-state index in [-0.39, 0.29) is 18.9 Å². The average Bonchev–Trinajstić information content (AvgIpc) is 2.14. The van der Waals surface area contributed by atoms with Crippen LogP contribution in [0.3, 0.4) is 0 Å². The van der Waals surface area contributed by atoms with Gasteiger partial charge in [-0.05, 0) is 25.7 Å². The van der Waals surface area contributed by atoms with E-state index >= 15 is 0 Å². The molecule has 5 heteroatoms. The van der Waals surface area contributed by atoms with Crippen molar-refractivity contribution in [3.63, 3.8) is 0 Å². The normalized spacial score (nSPS) is 33.0. The third kappa shape index (κ3) is 3.65. The van der Waals surface area contributed by atoms with Crippen LogP contribution in [0, 0.1) is 5.92 Å². The maximum Gasteiger partial charge on any atom is 0.391 e. The van der Waals surface area contributed by atoms with Crippen molar-refractivity contribution >= 4 is 0 Å². The van der Waals surface area contributed by atoms with Crippen LogP contribution in [-0.2, 0) is 4.74 Å². The molecule has 90 valence electrons. The molecule has 0 aromatic rings. The number of hydrogen-bond donors (Lipinski definition) is 1. The van der Waals surface area contributed by atoms with Gasteiger partial charge in [-0.1, -0.05) is 6.92 Å². The van der Waals surface area contributed by atoms with E-state index in [0.717, 1.165) is 6.42 Å². The first-order valence-corrected chi connectivity index (χ1v) is 5.39. The molecule has 0 aromatic heterocycles. The van der Waals surface area contributed by atoms with Crippen LogP contribution < -0.4 is 5.73 Å². The molecule has 0 radical (unpaired) electrons. The minimum atomic E-state index is -4.10. The highest BCUT2D eigenvalue weighted by molar-refractivity contribution is 4.86. The van der Waals surface area contributed by atoms with Gasteiger partial charge in [-0.25, -0.2) is 0 Å². The lowest BCUT2D eigenvalue weighted by Gasteiger charge is -2.34. The number of hydrogen-bond acceptors (Lipinski definition) is 2. The maximum atomic E-state index is 12.4. The summed E-state index contributed by atoms with van der Waals surface area (Å²) in [7, 11) is 0. The van der Waals surface area contributed by atoms with Gasteiger partial charge < -0.3 is 10.5 Å². The Morgan fingerprint density at radius 1 is 1.33 bits per heavy atom. The Balaban J connectivity index is 2.41. The molecule has 15 heavy (non-hydrogen) atoms. The number of nitrogens with two attached hydrogens (primary N) is 1. The summed E-state index contributed by atoms with van der Waals surface area (Å²) in [5.41, 5.74) is 5.68. The summed E-state index contributed by atoms with van der Waals surface area (Å²) in [4.78, 5) is 0. The molecule has 2 N–H and O–H groups in total. The molecule has 0 saturated heterocycles. The highest BCUT2D eigenvalue weighted by Crippen LogP contribution is 2.37. The zero-order valence-electron chi connectivity index (χ0n) is 8.89. The fourth-order valence-electron chi connectivity index (χ4n) is 1.95. The van der Waals surface area contributed by atoms with Gasteiger partial charge in [0.2, 0.25) is 0 Å². The summed E-state index contributed by atoms with van der Waals surface area (Å²) in [6.07, 6.45) is -2.86. The fourth-order valence-corrected chi connectivity index (χ4v) is 1.95. The van der Waals surface area contributed by atoms with E-state index in [4.69, 9.17) is 10.5 Å². The van der Waals surface area contributed by atoms with E-state index in [0.29, 0.717) is 13.0 Å². The van der Waals surface area contributed by atoms with Gasteiger partial charge in [0.1, 0.15) is 0 Å². The fraction of sp³-hybridized carbons (Fsp3) is 1.00. The van der Waals surface area contributed by atoms with E-state index in [2.05, 4.69) is 0 Å². The summed E-state index contributed by atoms with van der Waals surface area (Å²) in [5.74, 6) is -1.24. The van der Waals surface area contributed by atoms with Crippen LogP contribution in [0.5, 0.6) is 0 Å². The standard InChI is InChI=1S/C10H18F3NO/c1-2-5-15-9-4-3-7(6-8(9)14)10(11,12)13/h7-9H,2-6,14H2,1H3/t7-,8-,9+/m0/s1. The molecule has 1 aliphatic carbocycles. The van der Waals surface area contributed by atoms with Crippen molar-refractivity contribution < 1.29 is 17.9 Å².